The second-order valence-electron chi connectivity index (χ2n) is 17.2. The molecule has 0 aliphatic rings. The van der Waals surface area contributed by atoms with E-state index in [4.69, 9.17) is 24.5 Å². The van der Waals surface area contributed by atoms with E-state index in [2.05, 4.69) is 55.4 Å². The average molecular weight is 1070 g/mol. The largest absolute Gasteiger partial charge is 2.00 e. The van der Waals surface area contributed by atoms with Crippen molar-refractivity contribution in [1.29, 1.82) is 0 Å². The maximum Gasteiger partial charge on any atom is 2.00 e. The normalized spacial score (nSPS) is 13.9. The van der Waals surface area contributed by atoms with Crippen molar-refractivity contribution >= 4 is 56.0 Å². The van der Waals surface area contributed by atoms with Gasteiger partial charge >= 0.3 is 58.4 Å². The molecule has 0 aromatic heterocycles. The first kappa shape index (κ1) is 70.0. The Labute approximate surface area is 412 Å². The minimum absolute atomic E-state index is 0. The third-order valence-corrected chi connectivity index (χ3v) is 25.5. The van der Waals surface area contributed by atoms with Gasteiger partial charge in [0.15, 0.2) is 0 Å². The zero-order valence-corrected chi connectivity index (χ0v) is 53.2. The maximum atomic E-state index is 12.0. The van der Waals surface area contributed by atoms with Gasteiger partial charge in [-0.3, -0.25) is 0 Å². The van der Waals surface area contributed by atoms with E-state index in [1.54, 1.807) is 0 Å². The van der Waals surface area contributed by atoms with Crippen LogP contribution in [-0.4, -0.2) is 22.0 Å². The van der Waals surface area contributed by atoms with Crippen LogP contribution in [0.2, 0.25) is 0 Å². The van der Waals surface area contributed by atoms with E-state index < -0.39 is 31.5 Å². The summed E-state index contributed by atoms with van der Waals surface area (Å²) in [7, 11) is -1.22. The van der Waals surface area contributed by atoms with Crippen molar-refractivity contribution in [2.45, 2.75) is 259 Å². The summed E-state index contributed by atoms with van der Waals surface area (Å²) >= 11 is 9.69. The number of hydrogen-bond donors (Lipinski definition) is 0. The summed E-state index contributed by atoms with van der Waals surface area (Å²) in [6, 6.07) is 0. The number of hydrogen-bond acceptors (Lipinski definition) is 6. The quantitative estimate of drug-likeness (QED) is 0.0269. The van der Waals surface area contributed by atoms with Gasteiger partial charge in [-0.2, -0.15) is 0 Å². The number of unbranched alkanes of at least 4 members (excludes halogenated alkanes) is 26. The van der Waals surface area contributed by atoms with Crippen molar-refractivity contribution in [3.05, 3.63) is 0 Å². The molecule has 0 fully saturated rings. The Morgan fingerprint density at radius 3 is 0.684 bits per heavy atom. The third kappa shape index (κ3) is 49.2. The Morgan fingerprint density at radius 1 is 0.351 bits per heavy atom. The molecule has 0 aromatic rings. The molecule has 0 aliphatic heterocycles. The van der Waals surface area contributed by atoms with Crippen LogP contribution in [-0.2, 0) is 103 Å². The van der Waals surface area contributed by atoms with Crippen molar-refractivity contribution in [3.63, 3.8) is 0 Å². The zero-order valence-electron chi connectivity index (χ0n) is 39.2. The van der Waals surface area contributed by atoms with Gasteiger partial charge in [-0.25, -0.2) is 20.1 Å². The van der Waals surface area contributed by atoms with Crippen LogP contribution in [0.5, 0.6) is 0 Å². The molecule has 0 saturated carbocycles. The molecule has 13 heteroatoms. The van der Waals surface area contributed by atoms with Gasteiger partial charge in [-0.05, 0) is 59.5 Å². The van der Waals surface area contributed by atoms with Crippen molar-refractivity contribution in [1.82, 2.24) is 0 Å². The standard InChI is InChI=1S/2C22H46O2PS2.3Zn/c2*1-5-6-7-8-9-10-11-12-13-14-15-16-17-18-19-27(25(23,24)26)22(4)20-21(2)3;;;/h2*21-22H,5-20H2,1-4H3;;;/q2*-3;3*+2. The Kier molecular flexibility index (Phi) is 58.8. The fraction of sp³-hybridized carbons (Fsp3) is 1.00. The van der Waals surface area contributed by atoms with Gasteiger partial charge in [0.05, 0.1) is 0 Å². The van der Waals surface area contributed by atoms with E-state index in [9.17, 15) is 19.6 Å². The Balaban J connectivity index is -0.000000300. The summed E-state index contributed by atoms with van der Waals surface area (Å²) in [5.74, 6) is 2.65. The average Bonchev–Trinajstić information content (AvgIpc) is 3.06. The van der Waals surface area contributed by atoms with Gasteiger partial charge in [0.25, 0.3) is 0 Å². The van der Waals surface area contributed by atoms with Gasteiger partial charge < -0.3 is 55.5 Å². The molecule has 0 aromatic carbocycles. The molecule has 0 saturated heterocycles. The van der Waals surface area contributed by atoms with E-state index in [1.165, 1.54) is 154 Å². The Hall–Kier alpha value is 3.97. The maximum absolute atomic E-state index is 12.0. The van der Waals surface area contributed by atoms with Crippen LogP contribution in [0.25, 0.3) is 0 Å². The van der Waals surface area contributed by atoms with E-state index in [0.29, 0.717) is 11.8 Å². The van der Waals surface area contributed by atoms with Gasteiger partial charge in [0.2, 0.25) is 0 Å². The summed E-state index contributed by atoms with van der Waals surface area (Å²) in [6.07, 6.45) is 39.2. The first-order chi connectivity index (χ1) is 25.6. The molecule has 0 rings (SSSR count). The molecule has 0 heterocycles. The Morgan fingerprint density at radius 2 is 0.526 bits per heavy atom. The fourth-order valence-corrected chi connectivity index (χ4v) is 21.1. The monoisotopic (exact) mass is 1070 g/mol. The van der Waals surface area contributed by atoms with Crippen molar-refractivity contribution in [2.75, 3.05) is 11.5 Å². The van der Waals surface area contributed by atoms with E-state index in [0.717, 1.165) is 50.0 Å². The molecule has 0 N–H and O–H groups in total. The molecule has 4 nitrogen and oxygen atoms in total. The molecular weight excluding hydrogens is 979 g/mol. The summed E-state index contributed by atoms with van der Waals surface area (Å²) in [4.78, 5) is 47.9. The van der Waals surface area contributed by atoms with Crippen LogP contribution >= 0.6 is 11.4 Å². The molecule has 4 unspecified atom stereocenters. The van der Waals surface area contributed by atoms with Gasteiger partial charge in [-0.1, -0.05) is 222 Å². The smallest absolute Gasteiger partial charge is 0.854 e. The minimum atomic E-state index is -3.61. The second kappa shape index (κ2) is 47.9. The summed E-state index contributed by atoms with van der Waals surface area (Å²) in [6.45, 7) is 17.3. The molecule has 4 atom stereocenters. The summed E-state index contributed by atoms with van der Waals surface area (Å²) in [5.41, 5.74) is -7.23. The van der Waals surface area contributed by atoms with Crippen LogP contribution < -0.4 is 19.6 Å². The van der Waals surface area contributed by atoms with Crippen LogP contribution in [0.1, 0.15) is 248 Å². The first-order valence-electron chi connectivity index (χ1n) is 23.0. The molecule has 0 aliphatic carbocycles. The molecular formula is C44H92O4P2S4Zn3. The third-order valence-electron chi connectivity index (χ3n) is 10.5. The van der Waals surface area contributed by atoms with E-state index >= 15 is 0 Å². The second-order valence-corrected chi connectivity index (χ2v) is 33.0. The van der Waals surface area contributed by atoms with Gasteiger partial charge in [-0.15, -0.1) is 0 Å². The summed E-state index contributed by atoms with van der Waals surface area (Å²) < 4.78 is 0. The molecule has 332 valence electrons. The van der Waals surface area contributed by atoms with Crippen LogP contribution in [0, 0.1) is 11.8 Å². The molecule has 0 bridgehead atoms. The van der Waals surface area contributed by atoms with Crippen molar-refractivity contribution in [3.8, 4) is 0 Å². The SMILES string of the molecule is CCCCCCCCCCCCCCCCS(C(C)CC(C)C)=P([O-])([O-])[S-].CCCCCCCCCCCCCCCCS(C(C)CC(C)C)=P([O-])([O-])[S-].[Zn+2].[Zn+2].[Zn+2]. The summed E-state index contributed by atoms with van der Waals surface area (Å²) in [5, 5.41) is 0.431. The van der Waals surface area contributed by atoms with Crippen molar-refractivity contribution < 1.29 is 78.0 Å². The topological polar surface area (TPSA) is 92.2 Å². The zero-order chi connectivity index (χ0) is 41.1. The molecule has 57 heavy (non-hydrogen) atoms. The van der Waals surface area contributed by atoms with Crippen LogP contribution in [0.15, 0.2) is 0 Å². The van der Waals surface area contributed by atoms with Gasteiger partial charge in [0, 0.05) is 0 Å². The van der Waals surface area contributed by atoms with Crippen LogP contribution in [0.4, 0.5) is 0 Å². The fourth-order valence-electron chi connectivity index (χ4n) is 7.51. The van der Waals surface area contributed by atoms with Crippen LogP contribution in [0.3, 0.4) is 0 Å². The molecule has 0 radical (unpaired) electrons. The Bertz CT molecular complexity index is 862. The molecule has 0 spiro atoms. The first-order valence-corrected chi connectivity index (χ1v) is 32.4. The number of rotatable bonds is 36. The van der Waals surface area contributed by atoms with Gasteiger partial charge in [0.1, 0.15) is 0 Å². The predicted octanol–water partition coefficient (Wildman–Crippen LogP) is 12.9. The predicted molar refractivity (Wildman–Crippen MR) is 251 cm³/mol. The van der Waals surface area contributed by atoms with Crippen molar-refractivity contribution in [2.24, 2.45) is 11.8 Å². The minimum Gasteiger partial charge on any atom is -0.854 e. The molecule has 0 amide bonds. The van der Waals surface area contributed by atoms with E-state index in [-0.39, 0.29) is 68.9 Å². The van der Waals surface area contributed by atoms with E-state index in [1.807, 2.05) is 0 Å².